The van der Waals surface area contributed by atoms with Crippen LogP contribution in [0.3, 0.4) is 0 Å². The molecule has 0 aliphatic heterocycles. The highest BCUT2D eigenvalue weighted by Crippen LogP contribution is 2.19. The number of halogens is 1. The summed E-state index contributed by atoms with van der Waals surface area (Å²) in [5.41, 5.74) is 2.35. The van der Waals surface area contributed by atoms with Gasteiger partial charge in [-0.25, -0.2) is 0 Å². The molecule has 20 heavy (non-hydrogen) atoms. The Balaban J connectivity index is 2.15. The number of rotatable bonds is 4. The maximum atomic E-state index is 12.3. The van der Waals surface area contributed by atoms with Crippen LogP contribution in [0.1, 0.15) is 28.9 Å². The van der Waals surface area contributed by atoms with E-state index in [1.165, 1.54) is 0 Å². The average molecular weight is 334 g/mol. The Morgan fingerprint density at radius 3 is 2.85 bits per heavy atom. The lowest BCUT2D eigenvalue weighted by Gasteiger charge is -2.16. The van der Waals surface area contributed by atoms with E-state index in [1.807, 2.05) is 31.2 Å². The predicted octanol–water partition coefficient (Wildman–Crippen LogP) is 3.38. The van der Waals surface area contributed by atoms with Crippen LogP contribution in [0.5, 0.6) is 0 Å². The van der Waals surface area contributed by atoms with E-state index in [-0.39, 0.29) is 11.9 Å². The fourth-order valence-electron chi connectivity index (χ4n) is 1.93. The highest BCUT2D eigenvalue weighted by atomic mass is 79.9. The van der Waals surface area contributed by atoms with Crippen molar-refractivity contribution in [2.24, 2.45) is 0 Å². The molecule has 2 N–H and O–H groups in total. The van der Waals surface area contributed by atoms with Gasteiger partial charge in [-0.15, -0.1) is 0 Å². The van der Waals surface area contributed by atoms with Crippen molar-refractivity contribution >= 4 is 27.5 Å². The molecule has 104 valence electrons. The van der Waals surface area contributed by atoms with Gasteiger partial charge in [0.05, 0.1) is 11.6 Å². The van der Waals surface area contributed by atoms with Crippen molar-refractivity contribution in [2.75, 3.05) is 12.4 Å². The third-order valence-electron chi connectivity index (χ3n) is 3.03. The summed E-state index contributed by atoms with van der Waals surface area (Å²) in [4.78, 5) is 16.3. The first-order chi connectivity index (χ1) is 9.61. The first kappa shape index (κ1) is 14.5. The van der Waals surface area contributed by atoms with Gasteiger partial charge < -0.3 is 10.6 Å². The zero-order valence-corrected chi connectivity index (χ0v) is 12.9. The normalized spacial score (nSPS) is 11.8. The van der Waals surface area contributed by atoms with Gasteiger partial charge in [0, 0.05) is 29.6 Å². The Morgan fingerprint density at radius 1 is 1.35 bits per heavy atom. The lowest BCUT2D eigenvalue weighted by atomic mass is 10.1. The van der Waals surface area contributed by atoms with E-state index in [2.05, 4.69) is 31.5 Å². The van der Waals surface area contributed by atoms with E-state index < -0.39 is 0 Å². The zero-order chi connectivity index (χ0) is 14.5. The van der Waals surface area contributed by atoms with Crippen LogP contribution in [0.15, 0.2) is 47.2 Å². The van der Waals surface area contributed by atoms with Crippen molar-refractivity contribution in [3.05, 3.63) is 58.3 Å². The van der Waals surface area contributed by atoms with Crippen molar-refractivity contribution in [1.29, 1.82) is 0 Å². The Kier molecular flexibility index (Phi) is 4.74. The Hall–Kier alpha value is -1.88. The molecule has 0 aliphatic carbocycles. The summed E-state index contributed by atoms with van der Waals surface area (Å²) in [5.74, 6) is -0.144. The van der Waals surface area contributed by atoms with Crippen LogP contribution < -0.4 is 10.6 Å². The number of anilines is 1. The summed E-state index contributed by atoms with van der Waals surface area (Å²) < 4.78 is 0.994. The number of nitrogens with one attached hydrogen (secondary N) is 2. The molecule has 2 rings (SSSR count). The molecule has 0 spiro atoms. The Morgan fingerprint density at radius 2 is 2.15 bits per heavy atom. The number of carbonyl (C=O) groups excluding carboxylic acids is 1. The van der Waals surface area contributed by atoms with Crippen molar-refractivity contribution in [2.45, 2.75) is 13.0 Å². The molecular weight excluding hydrogens is 318 g/mol. The number of nitrogens with zero attached hydrogens (tertiary/aromatic N) is 1. The van der Waals surface area contributed by atoms with Crippen LogP contribution >= 0.6 is 15.9 Å². The van der Waals surface area contributed by atoms with Gasteiger partial charge in [0.2, 0.25) is 0 Å². The largest absolute Gasteiger partial charge is 0.387 e. The van der Waals surface area contributed by atoms with Crippen molar-refractivity contribution in [3.8, 4) is 0 Å². The topological polar surface area (TPSA) is 54.0 Å². The van der Waals surface area contributed by atoms with Crippen LogP contribution in [-0.2, 0) is 0 Å². The molecule has 5 heteroatoms. The van der Waals surface area contributed by atoms with E-state index >= 15 is 0 Å². The second kappa shape index (κ2) is 6.52. The minimum Gasteiger partial charge on any atom is -0.387 e. The first-order valence-corrected chi connectivity index (χ1v) is 7.09. The zero-order valence-electron chi connectivity index (χ0n) is 11.4. The fraction of sp³-hybridized carbons (Fsp3) is 0.200. The molecular formula is C15H16BrN3O. The average Bonchev–Trinajstić information content (AvgIpc) is 2.47. The molecule has 1 amide bonds. The number of benzene rings is 1. The van der Waals surface area contributed by atoms with Gasteiger partial charge in [-0.05, 0) is 30.7 Å². The second-order valence-corrected chi connectivity index (χ2v) is 5.34. The third kappa shape index (κ3) is 3.36. The molecule has 1 aromatic carbocycles. The first-order valence-electron chi connectivity index (χ1n) is 6.30. The molecule has 1 atom stereocenters. The summed E-state index contributed by atoms with van der Waals surface area (Å²) in [6.07, 6.45) is 3.22. The SMILES string of the molecule is CNc1ccncc1C(=O)NC(C)c1cccc(Br)c1. The van der Waals surface area contributed by atoms with E-state index in [4.69, 9.17) is 0 Å². The minimum absolute atomic E-state index is 0.0788. The van der Waals surface area contributed by atoms with E-state index in [1.54, 1.807) is 25.5 Å². The van der Waals surface area contributed by atoms with Gasteiger partial charge >= 0.3 is 0 Å². The molecule has 0 fully saturated rings. The third-order valence-corrected chi connectivity index (χ3v) is 3.52. The second-order valence-electron chi connectivity index (χ2n) is 4.42. The fourth-order valence-corrected chi connectivity index (χ4v) is 2.34. The molecule has 1 heterocycles. The molecule has 1 unspecified atom stereocenters. The van der Waals surface area contributed by atoms with Gasteiger partial charge in [-0.3, -0.25) is 9.78 Å². The van der Waals surface area contributed by atoms with Gasteiger partial charge in [0.25, 0.3) is 5.91 Å². The maximum Gasteiger partial charge on any atom is 0.255 e. The van der Waals surface area contributed by atoms with Gasteiger partial charge in [0.1, 0.15) is 0 Å². The van der Waals surface area contributed by atoms with Gasteiger partial charge in [0.15, 0.2) is 0 Å². The van der Waals surface area contributed by atoms with E-state index in [0.29, 0.717) is 5.56 Å². The summed E-state index contributed by atoms with van der Waals surface area (Å²) in [6.45, 7) is 1.95. The minimum atomic E-state index is -0.144. The van der Waals surface area contributed by atoms with Crippen LogP contribution in [0, 0.1) is 0 Å². The molecule has 4 nitrogen and oxygen atoms in total. The summed E-state index contributed by atoms with van der Waals surface area (Å²) >= 11 is 3.43. The van der Waals surface area contributed by atoms with Gasteiger partial charge in [-0.2, -0.15) is 0 Å². The molecule has 1 aromatic heterocycles. The van der Waals surface area contributed by atoms with Gasteiger partial charge in [-0.1, -0.05) is 28.1 Å². The van der Waals surface area contributed by atoms with Crippen LogP contribution in [0.25, 0.3) is 0 Å². The number of pyridine rings is 1. The Labute approximate surface area is 126 Å². The summed E-state index contributed by atoms with van der Waals surface area (Å²) in [6, 6.07) is 9.58. The number of hydrogen-bond donors (Lipinski definition) is 2. The molecule has 0 saturated carbocycles. The summed E-state index contributed by atoms with van der Waals surface area (Å²) in [5, 5.41) is 5.96. The molecule has 0 radical (unpaired) electrons. The van der Waals surface area contributed by atoms with Crippen LogP contribution in [-0.4, -0.2) is 17.9 Å². The standard InChI is InChI=1S/C15H16BrN3O/c1-10(11-4-3-5-12(16)8-11)19-15(20)13-9-18-7-6-14(13)17-2/h3-10H,1-2H3,(H,17,18)(H,19,20). The number of amides is 1. The smallest absolute Gasteiger partial charge is 0.255 e. The Bertz CT molecular complexity index is 616. The molecule has 0 bridgehead atoms. The quantitative estimate of drug-likeness (QED) is 0.901. The van der Waals surface area contributed by atoms with Crippen molar-refractivity contribution in [1.82, 2.24) is 10.3 Å². The molecule has 0 saturated heterocycles. The lowest BCUT2D eigenvalue weighted by molar-refractivity contribution is 0.0940. The number of aromatic nitrogens is 1. The monoisotopic (exact) mass is 333 g/mol. The highest BCUT2D eigenvalue weighted by Gasteiger charge is 2.14. The maximum absolute atomic E-state index is 12.3. The number of hydrogen-bond acceptors (Lipinski definition) is 3. The van der Waals surface area contributed by atoms with Crippen molar-refractivity contribution < 1.29 is 4.79 Å². The highest BCUT2D eigenvalue weighted by molar-refractivity contribution is 9.10. The number of carbonyl (C=O) groups is 1. The molecule has 0 aliphatic rings. The molecule has 2 aromatic rings. The summed E-state index contributed by atoms with van der Waals surface area (Å²) in [7, 11) is 1.78. The predicted molar refractivity (Wildman–Crippen MR) is 83.8 cm³/mol. The van der Waals surface area contributed by atoms with Crippen LogP contribution in [0.2, 0.25) is 0 Å². The van der Waals surface area contributed by atoms with E-state index in [0.717, 1.165) is 15.7 Å². The van der Waals surface area contributed by atoms with Crippen LogP contribution in [0.4, 0.5) is 5.69 Å². The van der Waals surface area contributed by atoms with E-state index in [9.17, 15) is 4.79 Å². The van der Waals surface area contributed by atoms with Crippen molar-refractivity contribution in [3.63, 3.8) is 0 Å². The lowest BCUT2D eigenvalue weighted by Crippen LogP contribution is -2.27.